The quantitative estimate of drug-likeness (QED) is 0.824. The highest BCUT2D eigenvalue weighted by Crippen LogP contribution is 2.22. The van der Waals surface area contributed by atoms with Gasteiger partial charge in [0.15, 0.2) is 5.69 Å². The summed E-state index contributed by atoms with van der Waals surface area (Å²) >= 11 is 0. The van der Waals surface area contributed by atoms with E-state index in [-0.39, 0.29) is 30.1 Å². The number of amides is 2. The third-order valence-electron chi connectivity index (χ3n) is 4.90. The van der Waals surface area contributed by atoms with Crippen LogP contribution < -0.4 is 5.32 Å². The van der Waals surface area contributed by atoms with Crippen molar-refractivity contribution in [3.8, 4) is 0 Å². The van der Waals surface area contributed by atoms with Crippen molar-refractivity contribution in [1.82, 2.24) is 25.2 Å². The van der Waals surface area contributed by atoms with Gasteiger partial charge in [-0.3, -0.25) is 9.59 Å². The number of carbonyl (C=O) groups excluding carboxylic acids is 2. The van der Waals surface area contributed by atoms with Gasteiger partial charge < -0.3 is 10.2 Å². The predicted octanol–water partition coefficient (Wildman–Crippen LogP) is 2.21. The van der Waals surface area contributed by atoms with Gasteiger partial charge in [-0.25, -0.2) is 9.07 Å². The molecule has 2 amide bonds. The molecular formula is C20H26FN5O2. The van der Waals surface area contributed by atoms with Gasteiger partial charge in [-0.1, -0.05) is 37.3 Å². The second kappa shape index (κ2) is 8.95. The van der Waals surface area contributed by atoms with E-state index in [0.717, 1.165) is 12.8 Å². The Morgan fingerprint density at radius 2 is 1.96 bits per heavy atom. The molecule has 0 spiro atoms. The molecule has 1 saturated heterocycles. The zero-order valence-corrected chi connectivity index (χ0v) is 16.3. The van der Waals surface area contributed by atoms with Crippen LogP contribution in [0.15, 0.2) is 30.5 Å². The fourth-order valence-electron chi connectivity index (χ4n) is 3.24. The molecule has 1 aromatic carbocycles. The number of rotatable bonds is 6. The third-order valence-corrected chi connectivity index (χ3v) is 4.90. The first-order valence-corrected chi connectivity index (χ1v) is 9.65. The molecule has 2 heterocycles. The van der Waals surface area contributed by atoms with Crippen molar-refractivity contribution in [2.45, 2.75) is 39.2 Å². The van der Waals surface area contributed by atoms with Crippen LogP contribution in [-0.4, -0.2) is 51.3 Å². The highest BCUT2D eigenvalue weighted by molar-refractivity contribution is 5.91. The Kier molecular flexibility index (Phi) is 6.38. The molecule has 0 unspecified atom stereocenters. The molecule has 1 aliphatic rings. The molecule has 0 atom stereocenters. The maximum absolute atomic E-state index is 13.7. The monoisotopic (exact) mass is 387 g/mol. The summed E-state index contributed by atoms with van der Waals surface area (Å²) in [4.78, 5) is 26.3. The molecule has 1 aliphatic heterocycles. The average molecular weight is 387 g/mol. The minimum atomic E-state index is -0.350. The van der Waals surface area contributed by atoms with Crippen LogP contribution in [0.1, 0.15) is 48.8 Å². The van der Waals surface area contributed by atoms with Gasteiger partial charge in [-0.15, -0.1) is 5.10 Å². The molecule has 0 bridgehead atoms. The van der Waals surface area contributed by atoms with E-state index in [4.69, 9.17) is 0 Å². The summed E-state index contributed by atoms with van der Waals surface area (Å²) in [6.45, 7) is 5.80. The van der Waals surface area contributed by atoms with Gasteiger partial charge in [0.2, 0.25) is 5.91 Å². The summed E-state index contributed by atoms with van der Waals surface area (Å²) in [6.07, 6.45) is 3.18. The van der Waals surface area contributed by atoms with Crippen molar-refractivity contribution in [3.63, 3.8) is 0 Å². The van der Waals surface area contributed by atoms with Crippen LogP contribution in [0.4, 0.5) is 4.39 Å². The lowest BCUT2D eigenvalue weighted by Crippen LogP contribution is -2.40. The Balaban J connectivity index is 1.52. The van der Waals surface area contributed by atoms with Crippen LogP contribution >= 0.6 is 0 Å². The number of benzene rings is 1. The first-order chi connectivity index (χ1) is 13.4. The average Bonchev–Trinajstić information content (AvgIpc) is 3.18. The molecule has 7 nitrogen and oxygen atoms in total. The number of nitrogens with zero attached hydrogens (tertiary/aromatic N) is 4. The minimum absolute atomic E-state index is 0.0703. The molecule has 0 saturated carbocycles. The Labute approximate surface area is 163 Å². The lowest BCUT2D eigenvalue weighted by atomic mass is 10.0. The van der Waals surface area contributed by atoms with Crippen molar-refractivity contribution in [2.24, 2.45) is 5.92 Å². The number of piperidine rings is 1. The second-order valence-corrected chi connectivity index (χ2v) is 7.57. The zero-order valence-electron chi connectivity index (χ0n) is 16.3. The first kappa shape index (κ1) is 20.0. The predicted molar refractivity (Wildman–Crippen MR) is 102 cm³/mol. The summed E-state index contributed by atoms with van der Waals surface area (Å²) in [6, 6.07) is 6.45. The topological polar surface area (TPSA) is 80.1 Å². The van der Waals surface area contributed by atoms with Gasteiger partial charge >= 0.3 is 0 Å². The second-order valence-electron chi connectivity index (χ2n) is 7.57. The minimum Gasteiger partial charge on any atom is -0.350 e. The largest absolute Gasteiger partial charge is 0.350 e. The van der Waals surface area contributed by atoms with Crippen molar-refractivity contribution < 1.29 is 14.0 Å². The SMILES string of the molecule is CC(C)CNC(=O)c1cn(C2CCN(C(=O)Cc3ccccc3F)CC2)nn1. The number of likely N-dealkylation sites (tertiary alicyclic amines) is 1. The lowest BCUT2D eigenvalue weighted by Gasteiger charge is -2.32. The van der Waals surface area contributed by atoms with Gasteiger partial charge in [0, 0.05) is 19.6 Å². The summed E-state index contributed by atoms with van der Waals surface area (Å²) in [7, 11) is 0. The van der Waals surface area contributed by atoms with Gasteiger partial charge in [-0.2, -0.15) is 0 Å². The molecule has 28 heavy (non-hydrogen) atoms. The first-order valence-electron chi connectivity index (χ1n) is 9.65. The van der Waals surface area contributed by atoms with Crippen LogP contribution in [0.25, 0.3) is 0 Å². The Morgan fingerprint density at radius 1 is 1.25 bits per heavy atom. The van der Waals surface area contributed by atoms with Crippen molar-refractivity contribution >= 4 is 11.8 Å². The van der Waals surface area contributed by atoms with Crippen LogP contribution in [0, 0.1) is 11.7 Å². The molecule has 8 heteroatoms. The zero-order chi connectivity index (χ0) is 20.1. The van der Waals surface area contributed by atoms with Crippen molar-refractivity contribution in [1.29, 1.82) is 0 Å². The molecule has 2 aromatic rings. The van der Waals surface area contributed by atoms with Gasteiger partial charge in [0.1, 0.15) is 5.82 Å². The van der Waals surface area contributed by atoms with E-state index in [1.807, 2.05) is 13.8 Å². The van der Waals surface area contributed by atoms with E-state index in [0.29, 0.717) is 36.8 Å². The fraction of sp³-hybridized carbons (Fsp3) is 0.500. The van der Waals surface area contributed by atoms with E-state index < -0.39 is 0 Å². The maximum atomic E-state index is 13.7. The lowest BCUT2D eigenvalue weighted by molar-refractivity contribution is -0.131. The van der Waals surface area contributed by atoms with Crippen molar-refractivity contribution in [2.75, 3.05) is 19.6 Å². The molecule has 0 aliphatic carbocycles. The Hall–Kier alpha value is -2.77. The molecule has 3 rings (SSSR count). The summed E-state index contributed by atoms with van der Waals surface area (Å²) in [5.74, 6) is -0.282. The van der Waals surface area contributed by atoms with E-state index in [2.05, 4.69) is 15.6 Å². The van der Waals surface area contributed by atoms with Crippen LogP contribution in [0.5, 0.6) is 0 Å². The Morgan fingerprint density at radius 3 is 2.64 bits per heavy atom. The number of aromatic nitrogens is 3. The van der Waals surface area contributed by atoms with Crippen LogP contribution in [0.2, 0.25) is 0 Å². The van der Waals surface area contributed by atoms with Crippen LogP contribution in [-0.2, 0) is 11.2 Å². The number of carbonyl (C=O) groups is 2. The fourth-order valence-corrected chi connectivity index (χ4v) is 3.24. The highest BCUT2D eigenvalue weighted by Gasteiger charge is 2.25. The molecule has 1 fully saturated rings. The van der Waals surface area contributed by atoms with E-state index >= 15 is 0 Å². The maximum Gasteiger partial charge on any atom is 0.273 e. The highest BCUT2D eigenvalue weighted by atomic mass is 19.1. The molecule has 150 valence electrons. The van der Waals surface area contributed by atoms with Gasteiger partial charge in [0.05, 0.1) is 18.7 Å². The number of hydrogen-bond acceptors (Lipinski definition) is 4. The molecule has 0 radical (unpaired) electrons. The van der Waals surface area contributed by atoms with E-state index in [1.54, 1.807) is 34.0 Å². The summed E-state index contributed by atoms with van der Waals surface area (Å²) in [5, 5.41) is 10.9. The molecule has 1 N–H and O–H groups in total. The van der Waals surface area contributed by atoms with E-state index in [9.17, 15) is 14.0 Å². The summed E-state index contributed by atoms with van der Waals surface area (Å²) < 4.78 is 15.5. The number of halogens is 1. The summed E-state index contributed by atoms with van der Waals surface area (Å²) in [5.41, 5.74) is 0.724. The molecular weight excluding hydrogens is 361 g/mol. The smallest absolute Gasteiger partial charge is 0.273 e. The molecule has 1 aromatic heterocycles. The standard InChI is InChI=1S/C20H26FN5O2/c1-14(2)12-22-20(28)18-13-26(24-23-18)16-7-9-25(10-8-16)19(27)11-15-5-3-4-6-17(15)21/h3-6,13-14,16H,7-12H2,1-2H3,(H,22,28). The van der Waals surface area contributed by atoms with Crippen LogP contribution in [0.3, 0.4) is 0 Å². The number of nitrogens with one attached hydrogen (secondary N) is 1. The third kappa shape index (κ3) is 4.94. The van der Waals surface area contributed by atoms with Gasteiger partial charge in [-0.05, 0) is 30.4 Å². The van der Waals surface area contributed by atoms with Crippen molar-refractivity contribution in [3.05, 3.63) is 47.5 Å². The van der Waals surface area contributed by atoms with Gasteiger partial charge in [0.25, 0.3) is 5.91 Å². The number of hydrogen-bond donors (Lipinski definition) is 1. The normalized spacial score (nSPS) is 15.1. The van der Waals surface area contributed by atoms with E-state index in [1.165, 1.54) is 6.07 Å². The Bertz CT molecular complexity index is 828.